The number of imidazole rings is 1. The first kappa shape index (κ1) is 14.3. The van der Waals surface area contributed by atoms with Gasteiger partial charge in [-0.15, -0.1) is 0 Å². The highest BCUT2D eigenvalue weighted by molar-refractivity contribution is 7.98. The number of alkyl halides is 2. The van der Waals surface area contributed by atoms with Crippen LogP contribution in [0, 0.1) is 5.82 Å². The fourth-order valence-corrected chi connectivity index (χ4v) is 2.57. The lowest BCUT2D eigenvalue weighted by atomic mass is 10.3. The zero-order chi connectivity index (χ0) is 14.2. The summed E-state index contributed by atoms with van der Waals surface area (Å²) in [5, 5.41) is 0.647. The van der Waals surface area contributed by atoms with E-state index in [0.717, 1.165) is 6.07 Å². The predicted molar refractivity (Wildman–Crippen MR) is 69.0 cm³/mol. The molecule has 2 aromatic rings. The molecule has 1 aromatic heterocycles. The Hall–Kier alpha value is -1.08. The van der Waals surface area contributed by atoms with E-state index in [1.54, 1.807) is 17.9 Å². The molecule has 1 heterocycles. The minimum atomic E-state index is -2.65. The van der Waals surface area contributed by atoms with Crippen molar-refractivity contribution in [2.24, 2.45) is 7.05 Å². The van der Waals surface area contributed by atoms with Crippen LogP contribution in [0.25, 0.3) is 11.0 Å². The lowest BCUT2D eigenvalue weighted by Gasteiger charge is -2.09. The molecule has 0 saturated heterocycles. The highest BCUT2D eigenvalue weighted by atomic mass is 35.5. The van der Waals surface area contributed by atoms with Crippen LogP contribution in [0.15, 0.2) is 11.2 Å². The van der Waals surface area contributed by atoms with Crippen LogP contribution in [0.4, 0.5) is 13.2 Å². The number of rotatable bonds is 4. The number of ether oxygens (including phenoxy) is 1. The summed E-state index contributed by atoms with van der Waals surface area (Å²) in [6, 6.07) is 0.976. The summed E-state index contributed by atoms with van der Waals surface area (Å²) in [4.78, 5) is 4.09. The minimum Gasteiger partial charge on any atom is -0.486 e. The van der Waals surface area contributed by atoms with Crippen molar-refractivity contribution in [3.05, 3.63) is 16.9 Å². The van der Waals surface area contributed by atoms with Gasteiger partial charge in [0.15, 0.2) is 11.0 Å². The summed E-state index contributed by atoms with van der Waals surface area (Å²) >= 11 is 7.39. The first-order valence-electron chi connectivity index (χ1n) is 5.25. The lowest BCUT2D eigenvalue weighted by molar-refractivity contribution is 0.0818. The fraction of sp³-hybridized carbons (Fsp3) is 0.364. The molecule has 0 spiro atoms. The zero-order valence-corrected chi connectivity index (χ0v) is 11.7. The van der Waals surface area contributed by atoms with Crippen LogP contribution < -0.4 is 4.74 Å². The Morgan fingerprint density at radius 1 is 1.53 bits per heavy atom. The van der Waals surface area contributed by atoms with E-state index in [-0.39, 0.29) is 16.3 Å². The average molecular weight is 311 g/mol. The molecule has 0 aliphatic rings. The van der Waals surface area contributed by atoms with Crippen LogP contribution in [-0.4, -0.2) is 28.8 Å². The summed E-state index contributed by atoms with van der Waals surface area (Å²) in [5.74, 6) is -0.762. The second-order valence-corrected chi connectivity index (χ2v) is 4.88. The van der Waals surface area contributed by atoms with Gasteiger partial charge in [-0.1, -0.05) is 23.4 Å². The number of hydrogen-bond donors (Lipinski definition) is 0. The van der Waals surface area contributed by atoms with E-state index in [2.05, 4.69) is 4.98 Å². The van der Waals surface area contributed by atoms with Gasteiger partial charge in [0.1, 0.15) is 22.9 Å². The van der Waals surface area contributed by atoms with Crippen molar-refractivity contribution in [3.8, 4) is 5.75 Å². The Morgan fingerprint density at radius 3 is 2.79 bits per heavy atom. The summed E-state index contributed by atoms with van der Waals surface area (Å²) in [6.45, 7) is -0.835. The summed E-state index contributed by atoms with van der Waals surface area (Å²) in [6.07, 6.45) is -0.857. The van der Waals surface area contributed by atoms with Crippen molar-refractivity contribution in [2.75, 3.05) is 12.9 Å². The standard InChI is InChI=1S/C11H10ClF3N2OS/c1-17-10-8(12)6(18-4-7(14)15)3-5(13)9(10)16-11(17)19-2/h3,7H,4H2,1-2H3. The Labute approximate surface area is 116 Å². The Balaban J connectivity index is 2.57. The molecule has 104 valence electrons. The van der Waals surface area contributed by atoms with E-state index in [9.17, 15) is 13.2 Å². The third-order valence-corrected chi connectivity index (χ3v) is 3.61. The molecule has 3 nitrogen and oxygen atoms in total. The number of nitrogens with zero attached hydrogens (tertiary/aromatic N) is 2. The Kier molecular flexibility index (Phi) is 4.15. The maximum absolute atomic E-state index is 13.9. The van der Waals surface area contributed by atoms with Crippen molar-refractivity contribution in [1.82, 2.24) is 9.55 Å². The van der Waals surface area contributed by atoms with E-state index in [0.29, 0.717) is 10.7 Å². The molecule has 8 heteroatoms. The first-order valence-corrected chi connectivity index (χ1v) is 6.85. The summed E-state index contributed by atoms with van der Waals surface area (Å²) in [7, 11) is 1.67. The highest BCUT2D eigenvalue weighted by Crippen LogP contribution is 2.36. The molecule has 0 bridgehead atoms. The van der Waals surface area contributed by atoms with E-state index in [4.69, 9.17) is 16.3 Å². The summed E-state index contributed by atoms with van der Waals surface area (Å²) < 4.78 is 44.5. The van der Waals surface area contributed by atoms with Crippen molar-refractivity contribution >= 4 is 34.4 Å². The van der Waals surface area contributed by atoms with E-state index in [1.807, 2.05) is 0 Å². The highest BCUT2D eigenvalue weighted by Gasteiger charge is 2.19. The maximum atomic E-state index is 13.9. The Bertz CT molecular complexity index is 618. The van der Waals surface area contributed by atoms with Crippen LogP contribution >= 0.6 is 23.4 Å². The van der Waals surface area contributed by atoms with Crippen molar-refractivity contribution in [3.63, 3.8) is 0 Å². The van der Waals surface area contributed by atoms with Crippen LogP contribution in [0.1, 0.15) is 0 Å². The van der Waals surface area contributed by atoms with Crippen LogP contribution in [-0.2, 0) is 7.05 Å². The van der Waals surface area contributed by atoms with Gasteiger partial charge in [-0.25, -0.2) is 18.2 Å². The SMILES string of the molecule is CSc1nc2c(F)cc(OCC(F)F)c(Cl)c2n1C. The molecule has 0 aliphatic carbocycles. The number of fused-ring (bicyclic) bond motifs is 1. The number of thioether (sulfide) groups is 1. The molecule has 0 atom stereocenters. The second-order valence-electron chi connectivity index (χ2n) is 3.73. The number of halogens is 4. The molecule has 19 heavy (non-hydrogen) atoms. The fourth-order valence-electron chi connectivity index (χ4n) is 1.70. The largest absolute Gasteiger partial charge is 0.486 e. The van der Waals surface area contributed by atoms with Gasteiger partial charge in [-0.3, -0.25) is 0 Å². The number of aryl methyl sites for hydroxylation is 1. The molecule has 0 fully saturated rings. The van der Waals surface area contributed by atoms with Crippen LogP contribution in [0.3, 0.4) is 0 Å². The zero-order valence-electron chi connectivity index (χ0n) is 10.1. The number of aromatic nitrogens is 2. The topological polar surface area (TPSA) is 27.1 Å². The van der Waals surface area contributed by atoms with Gasteiger partial charge in [0.05, 0.1) is 5.52 Å². The number of benzene rings is 1. The molecule has 1 aromatic carbocycles. The average Bonchev–Trinajstić information content (AvgIpc) is 2.70. The minimum absolute atomic E-state index is 0.0763. The predicted octanol–water partition coefficient (Wildman–Crippen LogP) is 3.73. The molecule has 0 N–H and O–H groups in total. The van der Waals surface area contributed by atoms with Gasteiger partial charge in [-0.2, -0.15) is 0 Å². The van der Waals surface area contributed by atoms with Gasteiger partial charge in [0, 0.05) is 13.1 Å². The quantitative estimate of drug-likeness (QED) is 0.805. The van der Waals surface area contributed by atoms with Crippen LogP contribution in [0.5, 0.6) is 5.75 Å². The molecular formula is C11H10ClF3N2OS. The van der Waals surface area contributed by atoms with Crippen molar-refractivity contribution < 1.29 is 17.9 Å². The van der Waals surface area contributed by atoms with E-state index in [1.165, 1.54) is 11.8 Å². The number of hydrogen-bond acceptors (Lipinski definition) is 3. The smallest absolute Gasteiger partial charge is 0.272 e. The second kappa shape index (κ2) is 5.50. The maximum Gasteiger partial charge on any atom is 0.272 e. The third-order valence-electron chi connectivity index (χ3n) is 2.51. The van der Waals surface area contributed by atoms with E-state index >= 15 is 0 Å². The molecule has 0 radical (unpaired) electrons. The first-order chi connectivity index (χ1) is 8.95. The van der Waals surface area contributed by atoms with Gasteiger partial charge < -0.3 is 9.30 Å². The monoisotopic (exact) mass is 310 g/mol. The summed E-state index contributed by atoms with van der Waals surface area (Å²) in [5.41, 5.74) is 0.427. The molecule has 0 saturated carbocycles. The van der Waals surface area contributed by atoms with E-state index < -0.39 is 18.8 Å². The van der Waals surface area contributed by atoms with Gasteiger partial charge in [0.2, 0.25) is 0 Å². The Morgan fingerprint density at radius 2 is 2.21 bits per heavy atom. The third kappa shape index (κ3) is 2.62. The molecule has 2 rings (SSSR count). The van der Waals surface area contributed by atoms with Crippen molar-refractivity contribution in [1.29, 1.82) is 0 Å². The van der Waals surface area contributed by atoms with Crippen molar-refractivity contribution in [2.45, 2.75) is 11.6 Å². The van der Waals surface area contributed by atoms with Gasteiger partial charge in [0.25, 0.3) is 6.43 Å². The van der Waals surface area contributed by atoms with Gasteiger partial charge >= 0.3 is 0 Å². The lowest BCUT2D eigenvalue weighted by Crippen LogP contribution is -2.07. The molecule has 0 amide bonds. The normalized spacial score (nSPS) is 11.5. The van der Waals surface area contributed by atoms with Gasteiger partial charge in [-0.05, 0) is 6.26 Å². The van der Waals surface area contributed by atoms with Crippen LogP contribution in [0.2, 0.25) is 5.02 Å². The molecule has 0 unspecified atom stereocenters. The molecular weight excluding hydrogens is 301 g/mol. The molecule has 0 aliphatic heterocycles.